The molecule has 1 N–H and O–H groups in total. The van der Waals surface area contributed by atoms with E-state index in [4.69, 9.17) is 0 Å². The minimum atomic E-state index is -3.55. The summed E-state index contributed by atoms with van der Waals surface area (Å²) in [6, 6.07) is 1.57. The monoisotopic (exact) mass is 398 g/mol. The number of rotatable bonds is 8. The van der Waals surface area contributed by atoms with Gasteiger partial charge in [0.05, 0.1) is 18.3 Å². The molecule has 1 atom stereocenters. The quantitative estimate of drug-likeness (QED) is 0.707. The number of likely N-dealkylation sites (tertiary alicyclic amines) is 1. The summed E-state index contributed by atoms with van der Waals surface area (Å²) in [5.74, 6) is 1.16. The third kappa shape index (κ3) is 4.74. The number of amides is 1. The summed E-state index contributed by atoms with van der Waals surface area (Å²) in [6.07, 6.45) is 1.71. The van der Waals surface area contributed by atoms with E-state index in [0.717, 1.165) is 12.8 Å². The summed E-state index contributed by atoms with van der Waals surface area (Å²) in [5, 5.41) is 3.00. The lowest BCUT2D eigenvalue weighted by atomic mass is 10.2. The van der Waals surface area contributed by atoms with Crippen molar-refractivity contribution >= 4 is 21.9 Å². The van der Waals surface area contributed by atoms with Gasteiger partial charge in [0.15, 0.2) is 5.82 Å². The fourth-order valence-electron chi connectivity index (χ4n) is 3.34. The highest BCUT2D eigenvalue weighted by Crippen LogP contribution is 2.30. The van der Waals surface area contributed by atoms with Crippen LogP contribution in [-0.2, 0) is 21.5 Å². The molecule has 1 fully saturated rings. The zero-order valence-corrected chi connectivity index (χ0v) is 17.6. The van der Waals surface area contributed by atoms with Crippen LogP contribution >= 0.6 is 0 Å². The Bertz CT molecular complexity index is 766. The van der Waals surface area contributed by atoms with Gasteiger partial charge in [-0.25, -0.2) is 9.97 Å². The van der Waals surface area contributed by atoms with Gasteiger partial charge in [0.25, 0.3) is 10.2 Å². The van der Waals surface area contributed by atoms with Crippen molar-refractivity contribution in [2.45, 2.75) is 46.2 Å². The third-order valence-electron chi connectivity index (χ3n) is 4.82. The summed E-state index contributed by atoms with van der Waals surface area (Å²) < 4.78 is 28.0. The van der Waals surface area contributed by atoms with Gasteiger partial charge in [-0.1, -0.05) is 13.8 Å². The van der Waals surface area contributed by atoms with Gasteiger partial charge in [0.2, 0.25) is 5.91 Å². The van der Waals surface area contributed by atoms with Crippen LogP contribution in [0.25, 0.3) is 0 Å². The fourth-order valence-corrected chi connectivity index (χ4v) is 4.69. The van der Waals surface area contributed by atoms with Gasteiger partial charge >= 0.3 is 0 Å². The van der Waals surface area contributed by atoms with Crippen molar-refractivity contribution in [2.75, 3.05) is 39.0 Å². The maximum Gasteiger partial charge on any atom is 0.282 e. The Labute approximate surface area is 161 Å². The second-order valence-corrected chi connectivity index (χ2v) is 8.61. The molecule has 0 spiro atoms. The molecular weight excluding hydrogens is 368 g/mol. The van der Waals surface area contributed by atoms with E-state index < -0.39 is 10.2 Å². The van der Waals surface area contributed by atoms with Crippen LogP contribution in [0.3, 0.4) is 0 Å². The van der Waals surface area contributed by atoms with Crippen LogP contribution in [0.15, 0.2) is 6.07 Å². The molecule has 1 aliphatic heterocycles. The molecule has 10 heteroatoms. The predicted octanol–water partition coefficient (Wildman–Crippen LogP) is 1.22. The highest BCUT2D eigenvalue weighted by molar-refractivity contribution is 7.86. The van der Waals surface area contributed by atoms with Crippen LogP contribution in [0, 0.1) is 0 Å². The van der Waals surface area contributed by atoms with Crippen LogP contribution < -0.4 is 5.32 Å². The Morgan fingerprint density at radius 3 is 2.56 bits per heavy atom. The van der Waals surface area contributed by atoms with Crippen molar-refractivity contribution in [1.82, 2.24) is 23.5 Å². The van der Waals surface area contributed by atoms with Crippen molar-refractivity contribution < 1.29 is 13.2 Å². The molecule has 1 amide bonds. The van der Waals surface area contributed by atoms with E-state index in [0.29, 0.717) is 37.0 Å². The summed E-state index contributed by atoms with van der Waals surface area (Å²) in [5.41, 5.74) is 0.595. The molecule has 2 heterocycles. The largest absolute Gasteiger partial charge is 0.373 e. The molecule has 1 aromatic rings. The average molecular weight is 399 g/mol. The Morgan fingerprint density at radius 2 is 2.00 bits per heavy atom. The first-order chi connectivity index (χ1) is 12.7. The van der Waals surface area contributed by atoms with E-state index in [1.54, 1.807) is 32.0 Å². The highest BCUT2D eigenvalue weighted by atomic mass is 32.2. The molecule has 0 radical (unpaired) electrons. The van der Waals surface area contributed by atoms with Crippen molar-refractivity contribution in [1.29, 1.82) is 0 Å². The standard InChI is InChI=1S/C17H30N6O3S/c1-6-22(7-2)27(25,26)21(5)12-14-11-16(18-4)20-17(19-14)15-9-8-10-23(15)13(3)24/h11,15H,6-10,12H2,1-5H3,(H,18,19,20)/t15-/m1/s1. The third-order valence-corrected chi connectivity index (χ3v) is 6.90. The molecule has 0 bridgehead atoms. The molecule has 0 saturated carbocycles. The minimum absolute atomic E-state index is 0.00117. The van der Waals surface area contributed by atoms with Crippen molar-refractivity contribution in [3.63, 3.8) is 0 Å². The van der Waals surface area contributed by atoms with Gasteiger partial charge < -0.3 is 10.2 Å². The van der Waals surface area contributed by atoms with Crippen molar-refractivity contribution in [3.8, 4) is 0 Å². The van der Waals surface area contributed by atoms with E-state index in [1.165, 1.54) is 8.61 Å². The molecule has 0 unspecified atom stereocenters. The lowest BCUT2D eigenvalue weighted by Gasteiger charge is -2.26. The Balaban J connectivity index is 2.31. The van der Waals surface area contributed by atoms with Gasteiger partial charge in [-0.15, -0.1) is 0 Å². The number of anilines is 1. The van der Waals surface area contributed by atoms with E-state index in [1.807, 2.05) is 13.8 Å². The van der Waals surface area contributed by atoms with E-state index >= 15 is 0 Å². The fraction of sp³-hybridized carbons (Fsp3) is 0.706. The maximum absolute atomic E-state index is 12.7. The highest BCUT2D eigenvalue weighted by Gasteiger charge is 2.31. The molecule has 152 valence electrons. The number of carbonyl (C=O) groups excluding carboxylic acids is 1. The Hall–Kier alpha value is -1.78. The molecule has 1 saturated heterocycles. The summed E-state index contributed by atoms with van der Waals surface area (Å²) in [4.78, 5) is 22.8. The Morgan fingerprint density at radius 1 is 1.33 bits per heavy atom. The molecular formula is C17H30N6O3S. The molecule has 0 aromatic carbocycles. The first-order valence-corrected chi connectivity index (χ1v) is 10.7. The molecule has 2 rings (SSSR count). The van der Waals surface area contributed by atoms with Crippen LogP contribution in [0.1, 0.15) is 51.2 Å². The summed E-state index contributed by atoms with van der Waals surface area (Å²) in [6.45, 7) is 6.83. The minimum Gasteiger partial charge on any atom is -0.373 e. The number of carbonyl (C=O) groups is 1. The zero-order chi connectivity index (χ0) is 20.2. The van der Waals surface area contributed by atoms with Crippen molar-refractivity contribution in [2.24, 2.45) is 0 Å². The Kier molecular flexibility index (Phi) is 7.12. The van der Waals surface area contributed by atoms with E-state index in [2.05, 4.69) is 15.3 Å². The first-order valence-electron chi connectivity index (χ1n) is 9.28. The van der Waals surface area contributed by atoms with Gasteiger partial charge in [0, 0.05) is 46.7 Å². The van der Waals surface area contributed by atoms with Gasteiger partial charge in [-0.2, -0.15) is 17.0 Å². The zero-order valence-electron chi connectivity index (χ0n) is 16.8. The molecule has 27 heavy (non-hydrogen) atoms. The number of aromatic nitrogens is 2. The lowest BCUT2D eigenvalue weighted by molar-refractivity contribution is -0.129. The topological polar surface area (TPSA) is 98.7 Å². The predicted molar refractivity (Wildman–Crippen MR) is 104 cm³/mol. The van der Waals surface area contributed by atoms with Crippen LogP contribution in [0.2, 0.25) is 0 Å². The van der Waals surface area contributed by atoms with E-state index in [-0.39, 0.29) is 18.5 Å². The summed E-state index contributed by atoms with van der Waals surface area (Å²) >= 11 is 0. The smallest absolute Gasteiger partial charge is 0.282 e. The molecule has 9 nitrogen and oxygen atoms in total. The normalized spacial score (nSPS) is 17.7. The number of hydrogen-bond donors (Lipinski definition) is 1. The second-order valence-electron chi connectivity index (χ2n) is 6.57. The van der Waals surface area contributed by atoms with Gasteiger partial charge in [-0.05, 0) is 12.8 Å². The first kappa shape index (κ1) is 21.5. The second kappa shape index (κ2) is 8.94. The lowest BCUT2D eigenvalue weighted by Crippen LogP contribution is -2.41. The van der Waals surface area contributed by atoms with Crippen LogP contribution in [-0.4, -0.2) is 71.5 Å². The number of nitrogens with one attached hydrogen (secondary N) is 1. The molecule has 0 aliphatic carbocycles. The van der Waals surface area contributed by atoms with Crippen molar-refractivity contribution in [3.05, 3.63) is 17.6 Å². The number of hydrogen-bond acceptors (Lipinski definition) is 6. The molecule has 1 aromatic heterocycles. The average Bonchev–Trinajstić information content (AvgIpc) is 3.12. The van der Waals surface area contributed by atoms with Gasteiger partial charge in [-0.3, -0.25) is 4.79 Å². The van der Waals surface area contributed by atoms with Gasteiger partial charge in [0.1, 0.15) is 5.82 Å². The van der Waals surface area contributed by atoms with Crippen LogP contribution in [0.5, 0.6) is 0 Å². The van der Waals surface area contributed by atoms with Crippen LogP contribution in [0.4, 0.5) is 5.82 Å². The maximum atomic E-state index is 12.7. The SMILES string of the molecule is CCN(CC)S(=O)(=O)N(C)Cc1cc(NC)nc([C@H]2CCCN2C(C)=O)n1. The molecule has 1 aliphatic rings. The number of nitrogens with zero attached hydrogens (tertiary/aromatic N) is 5. The van der Waals surface area contributed by atoms with E-state index in [9.17, 15) is 13.2 Å². The summed E-state index contributed by atoms with van der Waals surface area (Å²) in [7, 11) is -0.253.